The molecule has 1 heterocycles. The summed E-state index contributed by atoms with van der Waals surface area (Å²) in [5.41, 5.74) is 10.7. The van der Waals surface area contributed by atoms with Crippen LogP contribution in [0.4, 0.5) is 0 Å². The van der Waals surface area contributed by atoms with Crippen LogP contribution in [0.1, 0.15) is 22.5 Å². The van der Waals surface area contributed by atoms with Crippen LogP contribution < -0.4 is 5.73 Å². The van der Waals surface area contributed by atoms with Crippen LogP contribution in [0.25, 0.3) is 0 Å². The Kier molecular flexibility index (Phi) is 3.59. The summed E-state index contributed by atoms with van der Waals surface area (Å²) in [6, 6.07) is 8.51. The van der Waals surface area contributed by atoms with Gasteiger partial charge in [0.25, 0.3) is 0 Å². The second-order valence-electron chi connectivity index (χ2n) is 4.38. The highest BCUT2D eigenvalue weighted by Gasteiger charge is 2.07. The molecule has 1 aromatic heterocycles. The summed E-state index contributed by atoms with van der Waals surface area (Å²) in [5.74, 6) is 0. The van der Waals surface area contributed by atoms with E-state index in [0.29, 0.717) is 6.54 Å². The molecule has 2 aromatic rings. The predicted molar refractivity (Wildman–Crippen MR) is 69.7 cm³/mol. The molecular formula is C14H19N3. The van der Waals surface area contributed by atoms with Gasteiger partial charge >= 0.3 is 0 Å². The molecule has 0 fully saturated rings. The van der Waals surface area contributed by atoms with Gasteiger partial charge in [0, 0.05) is 19.3 Å². The van der Waals surface area contributed by atoms with Crippen LogP contribution in [0.3, 0.4) is 0 Å². The summed E-state index contributed by atoms with van der Waals surface area (Å²) in [5, 5.41) is 0. The Morgan fingerprint density at radius 1 is 1.24 bits per heavy atom. The van der Waals surface area contributed by atoms with Gasteiger partial charge in [-0.15, -0.1) is 0 Å². The van der Waals surface area contributed by atoms with E-state index in [9.17, 15) is 0 Å². The molecule has 3 nitrogen and oxygen atoms in total. The fraction of sp³-hybridized carbons (Fsp3) is 0.357. The van der Waals surface area contributed by atoms with Crippen LogP contribution in [0.15, 0.2) is 30.6 Å². The number of rotatable bonds is 4. The van der Waals surface area contributed by atoms with E-state index in [-0.39, 0.29) is 0 Å². The largest absolute Gasteiger partial charge is 0.337 e. The lowest BCUT2D eigenvalue weighted by atomic mass is 10.0. The summed E-state index contributed by atoms with van der Waals surface area (Å²) in [6.07, 6.45) is 3.88. The van der Waals surface area contributed by atoms with Crippen molar-refractivity contribution in [1.29, 1.82) is 0 Å². The lowest BCUT2D eigenvalue weighted by Crippen LogP contribution is -2.06. The summed E-state index contributed by atoms with van der Waals surface area (Å²) < 4.78 is 2.07. The molecule has 0 unspecified atom stereocenters. The average molecular weight is 229 g/mol. The first-order chi connectivity index (χ1) is 8.22. The highest BCUT2D eigenvalue weighted by molar-refractivity contribution is 5.27. The second-order valence-corrected chi connectivity index (χ2v) is 4.38. The normalized spacial score (nSPS) is 10.8. The molecule has 0 atom stereocenters. The minimum absolute atomic E-state index is 0.518. The van der Waals surface area contributed by atoms with Gasteiger partial charge in [-0.3, -0.25) is 0 Å². The van der Waals surface area contributed by atoms with Crippen molar-refractivity contribution in [3.05, 3.63) is 53.1 Å². The van der Waals surface area contributed by atoms with Gasteiger partial charge < -0.3 is 10.3 Å². The van der Waals surface area contributed by atoms with Crippen molar-refractivity contribution in [2.24, 2.45) is 12.8 Å². The lowest BCUT2D eigenvalue weighted by molar-refractivity contribution is 0.783. The van der Waals surface area contributed by atoms with Crippen molar-refractivity contribution in [3.63, 3.8) is 0 Å². The molecule has 17 heavy (non-hydrogen) atoms. The van der Waals surface area contributed by atoms with Crippen LogP contribution in [-0.2, 0) is 26.4 Å². The Hall–Kier alpha value is -1.61. The van der Waals surface area contributed by atoms with Gasteiger partial charge in [0.05, 0.1) is 12.0 Å². The maximum Gasteiger partial charge on any atom is 0.0949 e. The Bertz CT molecular complexity index is 500. The van der Waals surface area contributed by atoms with Crippen molar-refractivity contribution in [1.82, 2.24) is 9.55 Å². The molecule has 0 amide bonds. The van der Waals surface area contributed by atoms with Crippen LogP contribution in [0.2, 0.25) is 0 Å². The van der Waals surface area contributed by atoms with Crippen LogP contribution in [0, 0.1) is 6.92 Å². The molecule has 0 bridgehead atoms. The van der Waals surface area contributed by atoms with Gasteiger partial charge in [0.15, 0.2) is 0 Å². The van der Waals surface area contributed by atoms with E-state index >= 15 is 0 Å². The third kappa shape index (κ3) is 2.56. The van der Waals surface area contributed by atoms with E-state index in [1.54, 1.807) is 0 Å². The highest BCUT2D eigenvalue weighted by atomic mass is 15.0. The predicted octanol–water partition coefficient (Wildman–Crippen LogP) is 1.97. The molecular weight excluding hydrogens is 210 g/mol. The van der Waals surface area contributed by atoms with Crippen LogP contribution >= 0.6 is 0 Å². The molecule has 3 heteroatoms. The quantitative estimate of drug-likeness (QED) is 0.871. The number of nitrogens with two attached hydrogens (primary N) is 1. The van der Waals surface area contributed by atoms with Crippen LogP contribution in [0.5, 0.6) is 0 Å². The third-order valence-corrected chi connectivity index (χ3v) is 3.23. The highest BCUT2D eigenvalue weighted by Crippen LogP contribution is 2.13. The molecule has 2 N–H and O–H groups in total. The molecule has 0 aliphatic carbocycles. The van der Waals surface area contributed by atoms with Gasteiger partial charge in [-0.1, -0.05) is 24.3 Å². The number of nitrogens with zero attached hydrogens (tertiary/aromatic N) is 2. The van der Waals surface area contributed by atoms with E-state index in [2.05, 4.69) is 40.7 Å². The fourth-order valence-corrected chi connectivity index (χ4v) is 2.14. The molecule has 2 rings (SSSR count). The molecule has 90 valence electrons. The zero-order valence-electron chi connectivity index (χ0n) is 10.5. The Balaban J connectivity index is 2.12. The van der Waals surface area contributed by atoms with Crippen molar-refractivity contribution < 1.29 is 0 Å². The summed E-state index contributed by atoms with van der Waals surface area (Å²) >= 11 is 0. The number of benzene rings is 1. The number of imidazole rings is 1. The zero-order chi connectivity index (χ0) is 12.3. The van der Waals surface area contributed by atoms with Gasteiger partial charge in [-0.05, 0) is 30.9 Å². The fourth-order valence-electron chi connectivity index (χ4n) is 2.14. The third-order valence-electron chi connectivity index (χ3n) is 3.23. The zero-order valence-corrected chi connectivity index (χ0v) is 10.5. The van der Waals surface area contributed by atoms with E-state index in [1.165, 1.54) is 16.8 Å². The van der Waals surface area contributed by atoms with Crippen molar-refractivity contribution in [2.75, 3.05) is 0 Å². The lowest BCUT2D eigenvalue weighted by Gasteiger charge is -2.07. The number of aryl methyl sites for hydroxylation is 3. The maximum absolute atomic E-state index is 5.69. The first-order valence-electron chi connectivity index (χ1n) is 5.96. The topological polar surface area (TPSA) is 43.8 Å². The molecule has 0 spiro atoms. The number of hydrogen-bond acceptors (Lipinski definition) is 2. The standard InChI is InChI=1S/C14H19N3/c1-11-5-3-4-6-12(11)7-8-14-13(9-15)16-10-17(14)2/h3-6,10H,7-9,15H2,1-2H3. The molecule has 0 saturated carbocycles. The minimum atomic E-state index is 0.518. The van der Waals surface area contributed by atoms with Gasteiger partial charge in [0.1, 0.15) is 0 Å². The molecule has 0 aliphatic rings. The second kappa shape index (κ2) is 5.15. The van der Waals surface area contributed by atoms with E-state index in [1.807, 2.05) is 13.4 Å². The summed E-state index contributed by atoms with van der Waals surface area (Å²) in [6.45, 7) is 2.67. The smallest absolute Gasteiger partial charge is 0.0949 e. The minimum Gasteiger partial charge on any atom is -0.337 e. The maximum atomic E-state index is 5.69. The Morgan fingerprint density at radius 2 is 2.00 bits per heavy atom. The monoisotopic (exact) mass is 229 g/mol. The van der Waals surface area contributed by atoms with E-state index in [4.69, 9.17) is 5.73 Å². The van der Waals surface area contributed by atoms with Gasteiger partial charge in [-0.25, -0.2) is 4.98 Å². The Labute approximate surface area is 102 Å². The molecule has 1 aromatic carbocycles. The van der Waals surface area contributed by atoms with Crippen molar-refractivity contribution in [3.8, 4) is 0 Å². The first-order valence-corrected chi connectivity index (χ1v) is 5.96. The SMILES string of the molecule is Cc1ccccc1CCc1c(CN)ncn1C. The molecule has 0 aliphatic heterocycles. The van der Waals surface area contributed by atoms with Gasteiger partial charge in [-0.2, -0.15) is 0 Å². The summed E-state index contributed by atoms with van der Waals surface area (Å²) in [4.78, 5) is 4.31. The van der Waals surface area contributed by atoms with E-state index in [0.717, 1.165) is 18.5 Å². The number of hydrogen-bond donors (Lipinski definition) is 1. The molecule has 0 radical (unpaired) electrons. The van der Waals surface area contributed by atoms with Crippen molar-refractivity contribution in [2.45, 2.75) is 26.3 Å². The number of aromatic nitrogens is 2. The van der Waals surface area contributed by atoms with Crippen molar-refractivity contribution >= 4 is 0 Å². The van der Waals surface area contributed by atoms with Gasteiger partial charge in [0.2, 0.25) is 0 Å². The average Bonchev–Trinajstić information content (AvgIpc) is 2.69. The first kappa shape index (κ1) is 11.9. The Morgan fingerprint density at radius 3 is 2.71 bits per heavy atom. The van der Waals surface area contributed by atoms with Crippen LogP contribution in [-0.4, -0.2) is 9.55 Å². The molecule has 0 saturated heterocycles. The summed E-state index contributed by atoms with van der Waals surface area (Å²) in [7, 11) is 2.03. The van der Waals surface area contributed by atoms with E-state index < -0.39 is 0 Å².